The molecule has 1 aromatic carbocycles. The van der Waals surface area contributed by atoms with E-state index in [1.54, 1.807) is 13.0 Å². The van der Waals surface area contributed by atoms with Crippen LogP contribution in [-0.2, 0) is 0 Å². The second kappa shape index (κ2) is 4.86. The average Bonchev–Trinajstić information content (AvgIpc) is 2.71. The fraction of sp³-hybridized carbons (Fsp3) is 0.571. The molecule has 0 saturated heterocycles. The van der Waals surface area contributed by atoms with Crippen LogP contribution < -0.4 is 5.32 Å². The highest BCUT2D eigenvalue weighted by Gasteiger charge is 2.25. The molecule has 2 unspecified atom stereocenters. The van der Waals surface area contributed by atoms with Crippen LogP contribution >= 0.6 is 0 Å². The number of halogens is 1. The van der Waals surface area contributed by atoms with Gasteiger partial charge in [-0.05, 0) is 43.4 Å². The molecule has 1 N–H and O–H groups in total. The Bertz CT molecular complexity index is 362. The third-order valence-electron chi connectivity index (χ3n) is 3.71. The largest absolute Gasteiger partial charge is 0.382 e. The summed E-state index contributed by atoms with van der Waals surface area (Å²) in [5.41, 5.74) is 1.64. The summed E-state index contributed by atoms with van der Waals surface area (Å²) < 4.78 is 13.4. The molecule has 1 aliphatic rings. The predicted molar refractivity (Wildman–Crippen MR) is 66.2 cm³/mol. The Hall–Kier alpha value is -1.05. The SMILES string of the molecule is CCC1CCCC1Nc1ccc(C)c(F)c1. The van der Waals surface area contributed by atoms with Crippen LogP contribution in [0.1, 0.15) is 38.2 Å². The van der Waals surface area contributed by atoms with E-state index in [4.69, 9.17) is 0 Å². The number of nitrogens with one attached hydrogen (secondary N) is 1. The van der Waals surface area contributed by atoms with Crippen molar-refractivity contribution in [3.05, 3.63) is 29.6 Å². The number of rotatable bonds is 3. The minimum atomic E-state index is -0.115. The van der Waals surface area contributed by atoms with E-state index >= 15 is 0 Å². The Morgan fingerprint density at radius 3 is 2.88 bits per heavy atom. The van der Waals surface area contributed by atoms with E-state index in [1.165, 1.54) is 25.7 Å². The molecule has 0 radical (unpaired) electrons. The first-order chi connectivity index (χ1) is 7.70. The Morgan fingerprint density at radius 2 is 2.19 bits per heavy atom. The van der Waals surface area contributed by atoms with Crippen LogP contribution in [-0.4, -0.2) is 6.04 Å². The molecule has 0 aliphatic heterocycles. The maximum atomic E-state index is 13.4. The van der Waals surface area contributed by atoms with Crippen LogP contribution in [0.5, 0.6) is 0 Å². The van der Waals surface area contributed by atoms with Gasteiger partial charge >= 0.3 is 0 Å². The van der Waals surface area contributed by atoms with Gasteiger partial charge in [-0.3, -0.25) is 0 Å². The van der Waals surface area contributed by atoms with Crippen LogP contribution in [0, 0.1) is 18.7 Å². The Morgan fingerprint density at radius 1 is 1.38 bits per heavy atom. The lowest BCUT2D eigenvalue weighted by Gasteiger charge is -2.21. The lowest BCUT2D eigenvalue weighted by Crippen LogP contribution is -2.23. The highest BCUT2D eigenvalue weighted by Crippen LogP contribution is 2.30. The normalized spacial score (nSPS) is 24.7. The molecule has 1 aliphatic carbocycles. The number of anilines is 1. The highest BCUT2D eigenvalue weighted by molar-refractivity contribution is 5.46. The zero-order valence-electron chi connectivity index (χ0n) is 10.1. The van der Waals surface area contributed by atoms with Gasteiger partial charge in [-0.25, -0.2) is 4.39 Å². The Kier molecular flexibility index (Phi) is 3.47. The van der Waals surface area contributed by atoms with E-state index in [0.29, 0.717) is 11.6 Å². The summed E-state index contributed by atoms with van der Waals surface area (Å²) in [6.07, 6.45) is 5.03. The van der Waals surface area contributed by atoms with E-state index in [1.807, 2.05) is 12.1 Å². The molecule has 2 heteroatoms. The van der Waals surface area contributed by atoms with Gasteiger partial charge in [-0.1, -0.05) is 25.8 Å². The first-order valence-electron chi connectivity index (χ1n) is 6.23. The van der Waals surface area contributed by atoms with Crippen molar-refractivity contribution in [1.82, 2.24) is 0 Å². The Balaban J connectivity index is 2.05. The number of hydrogen-bond donors (Lipinski definition) is 1. The first kappa shape index (κ1) is 11.4. The minimum Gasteiger partial charge on any atom is -0.382 e. The first-order valence-corrected chi connectivity index (χ1v) is 6.23. The number of hydrogen-bond acceptors (Lipinski definition) is 1. The van der Waals surface area contributed by atoms with E-state index in [0.717, 1.165) is 11.6 Å². The molecule has 88 valence electrons. The molecule has 0 amide bonds. The van der Waals surface area contributed by atoms with Crippen LogP contribution in [0.25, 0.3) is 0 Å². The van der Waals surface area contributed by atoms with Crippen molar-refractivity contribution in [1.29, 1.82) is 0 Å². The van der Waals surface area contributed by atoms with Gasteiger partial charge in [0.25, 0.3) is 0 Å². The monoisotopic (exact) mass is 221 g/mol. The fourth-order valence-corrected chi connectivity index (χ4v) is 2.61. The van der Waals surface area contributed by atoms with Crippen molar-refractivity contribution in [2.75, 3.05) is 5.32 Å². The summed E-state index contributed by atoms with van der Waals surface area (Å²) >= 11 is 0. The average molecular weight is 221 g/mol. The van der Waals surface area contributed by atoms with Gasteiger partial charge in [0, 0.05) is 11.7 Å². The van der Waals surface area contributed by atoms with Crippen molar-refractivity contribution < 1.29 is 4.39 Å². The van der Waals surface area contributed by atoms with Crippen molar-refractivity contribution >= 4 is 5.69 Å². The van der Waals surface area contributed by atoms with Gasteiger partial charge in [0.2, 0.25) is 0 Å². The lowest BCUT2D eigenvalue weighted by molar-refractivity contribution is 0.489. The van der Waals surface area contributed by atoms with Gasteiger partial charge in [0.05, 0.1) is 0 Å². The molecule has 1 nitrogen and oxygen atoms in total. The molecule has 1 aromatic rings. The predicted octanol–water partition coefficient (Wildman–Crippen LogP) is 4.12. The smallest absolute Gasteiger partial charge is 0.128 e. The summed E-state index contributed by atoms with van der Waals surface area (Å²) in [5.74, 6) is 0.639. The number of benzene rings is 1. The van der Waals surface area contributed by atoms with Crippen molar-refractivity contribution in [2.45, 2.75) is 45.6 Å². The summed E-state index contributed by atoms with van der Waals surface area (Å²) in [7, 11) is 0. The third kappa shape index (κ3) is 2.37. The summed E-state index contributed by atoms with van der Waals surface area (Å²) in [6.45, 7) is 4.03. The van der Waals surface area contributed by atoms with Gasteiger partial charge < -0.3 is 5.32 Å². The second-order valence-corrected chi connectivity index (χ2v) is 4.81. The molecule has 0 aromatic heterocycles. The molecule has 2 atom stereocenters. The summed E-state index contributed by atoms with van der Waals surface area (Å²) in [4.78, 5) is 0. The van der Waals surface area contributed by atoms with Crippen LogP contribution in [0.15, 0.2) is 18.2 Å². The van der Waals surface area contributed by atoms with Gasteiger partial charge in [-0.2, -0.15) is 0 Å². The summed E-state index contributed by atoms with van der Waals surface area (Å²) in [5, 5.41) is 3.47. The topological polar surface area (TPSA) is 12.0 Å². The van der Waals surface area contributed by atoms with Crippen LogP contribution in [0.4, 0.5) is 10.1 Å². The molecule has 16 heavy (non-hydrogen) atoms. The van der Waals surface area contributed by atoms with E-state index in [2.05, 4.69) is 12.2 Å². The fourth-order valence-electron chi connectivity index (χ4n) is 2.61. The van der Waals surface area contributed by atoms with Gasteiger partial charge in [0.15, 0.2) is 0 Å². The van der Waals surface area contributed by atoms with Crippen molar-refractivity contribution in [3.8, 4) is 0 Å². The van der Waals surface area contributed by atoms with E-state index in [-0.39, 0.29) is 5.82 Å². The highest BCUT2D eigenvalue weighted by atomic mass is 19.1. The molecule has 1 fully saturated rings. The minimum absolute atomic E-state index is 0.115. The standard InChI is InChI=1S/C14H20FN/c1-3-11-5-4-6-14(11)16-12-8-7-10(2)13(15)9-12/h7-9,11,14,16H,3-6H2,1-2H3. The lowest BCUT2D eigenvalue weighted by atomic mass is 10.0. The molecule has 1 saturated carbocycles. The zero-order chi connectivity index (χ0) is 11.5. The zero-order valence-corrected chi connectivity index (χ0v) is 10.1. The van der Waals surface area contributed by atoms with Crippen molar-refractivity contribution in [2.24, 2.45) is 5.92 Å². The third-order valence-corrected chi connectivity index (χ3v) is 3.71. The molecule has 0 spiro atoms. The molecular formula is C14H20FN. The summed E-state index contributed by atoms with van der Waals surface area (Å²) in [6, 6.07) is 5.96. The maximum absolute atomic E-state index is 13.4. The van der Waals surface area contributed by atoms with E-state index in [9.17, 15) is 4.39 Å². The molecular weight excluding hydrogens is 201 g/mol. The van der Waals surface area contributed by atoms with Crippen LogP contribution in [0.3, 0.4) is 0 Å². The molecule has 0 bridgehead atoms. The molecule has 0 heterocycles. The van der Waals surface area contributed by atoms with Gasteiger partial charge in [0.1, 0.15) is 5.82 Å². The molecule has 2 rings (SSSR count). The van der Waals surface area contributed by atoms with Gasteiger partial charge in [-0.15, -0.1) is 0 Å². The second-order valence-electron chi connectivity index (χ2n) is 4.81. The van der Waals surface area contributed by atoms with Crippen molar-refractivity contribution in [3.63, 3.8) is 0 Å². The maximum Gasteiger partial charge on any atom is 0.128 e. The quantitative estimate of drug-likeness (QED) is 0.809. The van der Waals surface area contributed by atoms with Crippen LogP contribution in [0.2, 0.25) is 0 Å². The van der Waals surface area contributed by atoms with E-state index < -0.39 is 0 Å². The number of aryl methyl sites for hydroxylation is 1. The Labute approximate surface area is 97.1 Å².